The molecule has 0 aromatic heterocycles. The Bertz CT molecular complexity index is 225. The van der Waals surface area contributed by atoms with Crippen molar-refractivity contribution in [1.82, 2.24) is 10.6 Å². The Morgan fingerprint density at radius 2 is 2.27 bits per heavy atom. The van der Waals surface area contributed by atoms with E-state index in [1.54, 1.807) is 0 Å². The number of piperidine rings is 1. The van der Waals surface area contributed by atoms with Gasteiger partial charge in [-0.25, -0.2) is 0 Å². The van der Waals surface area contributed by atoms with Crippen molar-refractivity contribution in [3.8, 4) is 0 Å². The van der Waals surface area contributed by atoms with Crippen LogP contribution in [0.15, 0.2) is 0 Å². The highest BCUT2D eigenvalue weighted by Crippen LogP contribution is 2.06. The van der Waals surface area contributed by atoms with Gasteiger partial charge in [0.2, 0.25) is 5.91 Å². The molecule has 1 amide bonds. The lowest BCUT2D eigenvalue weighted by atomic mass is 10.0. The first kappa shape index (κ1) is 12.0. The second-order valence-electron chi connectivity index (χ2n) is 3.62. The zero-order valence-electron chi connectivity index (χ0n) is 9.04. The largest absolute Gasteiger partial charge is 0.469 e. The fourth-order valence-electron chi connectivity index (χ4n) is 1.59. The predicted octanol–water partition coefficient (Wildman–Crippen LogP) is -0.192. The van der Waals surface area contributed by atoms with Crippen molar-refractivity contribution in [3.63, 3.8) is 0 Å². The molecule has 1 fully saturated rings. The molecule has 0 unspecified atom stereocenters. The number of ether oxygens (including phenoxy) is 1. The first-order valence-electron chi connectivity index (χ1n) is 5.32. The van der Waals surface area contributed by atoms with E-state index in [0.717, 1.165) is 25.8 Å². The van der Waals surface area contributed by atoms with Gasteiger partial charge in [-0.3, -0.25) is 9.59 Å². The van der Waals surface area contributed by atoms with Gasteiger partial charge >= 0.3 is 5.97 Å². The molecule has 1 saturated heterocycles. The van der Waals surface area contributed by atoms with Crippen LogP contribution < -0.4 is 10.6 Å². The maximum absolute atomic E-state index is 11.5. The molecular weight excluding hydrogens is 196 g/mol. The highest BCUT2D eigenvalue weighted by molar-refractivity contribution is 5.82. The van der Waals surface area contributed by atoms with Crippen molar-refractivity contribution in [1.29, 1.82) is 0 Å². The Balaban J connectivity index is 2.14. The Kier molecular flexibility index (Phi) is 5.10. The van der Waals surface area contributed by atoms with Gasteiger partial charge in [0.1, 0.15) is 0 Å². The van der Waals surface area contributed by atoms with E-state index < -0.39 is 0 Å². The van der Waals surface area contributed by atoms with Crippen molar-refractivity contribution in [3.05, 3.63) is 0 Å². The van der Waals surface area contributed by atoms with Gasteiger partial charge in [0, 0.05) is 6.54 Å². The molecule has 1 aliphatic rings. The van der Waals surface area contributed by atoms with Gasteiger partial charge < -0.3 is 15.4 Å². The summed E-state index contributed by atoms with van der Waals surface area (Å²) in [6, 6.07) is -0.0867. The molecule has 0 aromatic rings. The zero-order valence-corrected chi connectivity index (χ0v) is 9.04. The van der Waals surface area contributed by atoms with Crippen LogP contribution in [0.1, 0.15) is 25.7 Å². The average Bonchev–Trinajstić information content (AvgIpc) is 2.29. The highest BCUT2D eigenvalue weighted by Gasteiger charge is 2.19. The molecule has 0 aromatic carbocycles. The van der Waals surface area contributed by atoms with Crippen molar-refractivity contribution >= 4 is 11.9 Å². The summed E-state index contributed by atoms with van der Waals surface area (Å²) in [5.41, 5.74) is 0. The lowest BCUT2D eigenvalue weighted by Crippen LogP contribution is -2.47. The number of carbonyl (C=O) groups excluding carboxylic acids is 2. The zero-order chi connectivity index (χ0) is 11.1. The van der Waals surface area contributed by atoms with Crippen LogP contribution in [0.2, 0.25) is 0 Å². The summed E-state index contributed by atoms with van der Waals surface area (Å²) in [5.74, 6) is -0.314. The molecule has 1 rings (SSSR count). The third-order valence-corrected chi connectivity index (χ3v) is 2.48. The standard InChI is InChI=1S/C10H18N2O3/c1-15-9(13)5-7-12-10(14)8-4-2-3-6-11-8/h8,11H,2-7H2,1H3,(H,12,14)/t8-/m0/s1. The Labute approximate surface area is 89.6 Å². The van der Waals surface area contributed by atoms with Crippen molar-refractivity contribution < 1.29 is 14.3 Å². The second kappa shape index (κ2) is 6.40. The van der Waals surface area contributed by atoms with E-state index in [4.69, 9.17) is 0 Å². The fraction of sp³-hybridized carbons (Fsp3) is 0.800. The topological polar surface area (TPSA) is 67.4 Å². The fourth-order valence-corrected chi connectivity index (χ4v) is 1.59. The average molecular weight is 214 g/mol. The smallest absolute Gasteiger partial charge is 0.307 e. The van der Waals surface area contributed by atoms with E-state index in [1.165, 1.54) is 7.11 Å². The number of methoxy groups -OCH3 is 1. The molecule has 0 saturated carbocycles. The normalized spacial score (nSPS) is 20.7. The third kappa shape index (κ3) is 4.29. The van der Waals surface area contributed by atoms with Gasteiger partial charge in [0.25, 0.3) is 0 Å². The van der Waals surface area contributed by atoms with E-state index in [2.05, 4.69) is 15.4 Å². The molecule has 0 radical (unpaired) electrons. The summed E-state index contributed by atoms with van der Waals surface area (Å²) in [6.07, 6.45) is 3.33. The number of nitrogens with one attached hydrogen (secondary N) is 2. The Morgan fingerprint density at radius 1 is 1.47 bits per heavy atom. The number of rotatable bonds is 4. The molecule has 86 valence electrons. The van der Waals surface area contributed by atoms with Crippen molar-refractivity contribution in [2.24, 2.45) is 0 Å². The van der Waals surface area contributed by atoms with Gasteiger partial charge in [-0.15, -0.1) is 0 Å². The van der Waals surface area contributed by atoms with Crippen LogP contribution in [-0.4, -0.2) is 38.1 Å². The molecule has 1 heterocycles. The summed E-state index contributed by atoms with van der Waals surface area (Å²) >= 11 is 0. The molecule has 0 aliphatic carbocycles. The summed E-state index contributed by atoms with van der Waals surface area (Å²) in [4.78, 5) is 22.3. The Morgan fingerprint density at radius 3 is 2.87 bits per heavy atom. The molecule has 0 spiro atoms. The molecule has 15 heavy (non-hydrogen) atoms. The minimum atomic E-state index is -0.299. The molecule has 1 atom stereocenters. The van der Waals surface area contributed by atoms with Crippen molar-refractivity contribution in [2.75, 3.05) is 20.2 Å². The highest BCUT2D eigenvalue weighted by atomic mass is 16.5. The third-order valence-electron chi connectivity index (χ3n) is 2.48. The first-order chi connectivity index (χ1) is 7.24. The summed E-state index contributed by atoms with van der Waals surface area (Å²) in [6.45, 7) is 1.25. The van der Waals surface area contributed by atoms with E-state index in [1.807, 2.05) is 0 Å². The SMILES string of the molecule is COC(=O)CCNC(=O)[C@@H]1CCCCN1. The predicted molar refractivity (Wildman–Crippen MR) is 55.3 cm³/mol. The number of hydrogen-bond donors (Lipinski definition) is 2. The first-order valence-corrected chi connectivity index (χ1v) is 5.32. The second-order valence-corrected chi connectivity index (χ2v) is 3.62. The van der Waals surface area contributed by atoms with Gasteiger partial charge in [-0.2, -0.15) is 0 Å². The molecule has 1 aliphatic heterocycles. The van der Waals surface area contributed by atoms with Crippen LogP contribution in [-0.2, 0) is 14.3 Å². The molecule has 5 nitrogen and oxygen atoms in total. The van der Waals surface area contributed by atoms with Gasteiger partial charge in [-0.1, -0.05) is 6.42 Å². The number of amides is 1. The van der Waals surface area contributed by atoms with E-state index in [0.29, 0.717) is 6.54 Å². The maximum atomic E-state index is 11.5. The number of esters is 1. The molecular formula is C10H18N2O3. The number of carbonyl (C=O) groups is 2. The van der Waals surface area contributed by atoms with Crippen LogP contribution >= 0.6 is 0 Å². The van der Waals surface area contributed by atoms with E-state index >= 15 is 0 Å². The van der Waals surface area contributed by atoms with Crippen molar-refractivity contribution in [2.45, 2.75) is 31.7 Å². The lowest BCUT2D eigenvalue weighted by molar-refractivity contribution is -0.140. The van der Waals surface area contributed by atoms with Gasteiger partial charge in [-0.05, 0) is 19.4 Å². The van der Waals surface area contributed by atoms with Crippen LogP contribution in [0.4, 0.5) is 0 Å². The quantitative estimate of drug-likeness (QED) is 0.636. The minimum Gasteiger partial charge on any atom is -0.469 e. The van der Waals surface area contributed by atoms with Gasteiger partial charge in [0.15, 0.2) is 0 Å². The maximum Gasteiger partial charge on any atom is 0.307 e. The van der Waals surface area contributed by atoms with E-state index in [-0.39, 0.29) is 24.3 Å². The van der Waals surface area contributed by atoms with E-state index in [9.17, 15) is 9.59 Å². The van der Waals surface area contributed by atoms with Crippen LogP contribution in [0.5, 0.6) is 0 Å². The summed E-state index contributed by atoms with van der Waals surface area (Å²) in [7, 11) is 1.34. The Hall–Kier alpha value is -1.10. The summed E-state index contributed by atoms with van der Waals surface area (Å²) < 4.78 is 4.47. The van der Waals surface area contributed by atoms with Crippen LogP contribution in [0.3, 0.4) is 0 Å². The number of hydrogen-bond acceptors (Lipinski definition) is 4. The molecule has 0 bridgehead atoms. The summed E-state index contributed by atoms with van der Waals surface area (Å²) in [5, 5.41) is 5.86. The van der Waals surface area contributed by atoms with Gasteiger partial charge in [0.05, 0.1) is 19.6 Å². The minimum absolute atomic E-state index is 0.0152. The van der Waals surface area contributed by atoms with Crippen LogP contribution in [0, 0.1) is 0 Å². The molecule has 2 N–H and O–H groups in total. The van der Waals surface area contributed by atoms with Crippen LogP contribution in [0.25, 0.3) is 0 Å². The lowest BCUT2D eigenvalue weighted by Gasteiger charge is -2.22. The molecule has 5 heteroatoms. The monoisotopic (exact) mass is 214 g/mol.